The van der Waals surface area contributed by atoms with Crippen LogP contribution in [0.2, 0.25) is 0 Å². The fraction of sp³-hybridized carbons (Fsp3) is 0.450. The molecule has 1 saturated heterocycles. The van der Waals surface area contributed by atoms with E-state index in [0.29, 0.717) is 5.92 Å². The van der Waals surface area contributed by atoms with Gasteiger partial charge in [0.2, 0.25) is 5.91 Å². The second-order valence-corrected chi connectivity index (χ2v) is 7.19. The molecule has 27 heavy (non-hydrogen) atoms. The molecule has 1 saturated carbocycles. The molecule has 2 N–H and O–H groups in total. The average molecular weight is 368 g/mol. The molecule has 2 aromatic rings. The zero-order valence-electron chi connectivity index (χ0n) is 15.6. The van der Waals surface area contributed by atoms with Crippen molar-refractivity contribution in [2.24, 2.45) is 5.92 Å². The number of ether oxygens (including phenoxy) is 1. The van der Waals surface area contributed by atoms with E-state index in [9.17, 15) is 9.59 Å². The van der Waals surface area contributed by atoms with E-state index in [2.05, 4.69) is 51.2 Å². The molecule has 2 amide bonds. The number of piperidine rings is 1. The van der Waals surface area contributed by atoms with Gasteiger partial charge in [-0.1, -0.05) is 31.2 Å². The largest absolute Gasteiger partial charge is 0.453 e. The molecule has 2 aliphatic rings. The maximum absolute atomic E-state index is 12.6. The molecule has 1 aliphatic heterocycles. The van der Waals surface area contributed by atoms with E-state index in [1.165, 1.54) is 12.7 Å². The van der Waals surface area contributed by atoms with E-state index >= 15 is 0 Å². The van der Waals surface area contributed by atoms with Crippen LogP contribution < -0.4 is 5.32 Å². The number of aromatic nitrogens is 2. The van der Waals surface area contributed by atoms with Crippen LogP contribution in [0.3, 0.4) is 0 Å². The van der Waals surface area contributed by atoms with E-state index in [4.69, 9.17) is 0 Å². The SMILES string of the molecule is CCc1ccc(-c2cnc([C@@H]3CC4CC4N3C(=O)CNC(=O)OC)[nH]2)cc1. The number of nitrogens with zero attached hydrogens (tertiary/aromatic N) is 2. The lowest BCUT2D eigenvalue weighted by molar-refractivity contribution is -0.132. The van der Waals surface area contributed by atoms with Gasteiger partial charge in [-0.3, -0.25) is 4.79 Å². The number of carbonyl (C=O) groups is 2. The second kappa shape index (κ2) is 7.06. The van der Waals surface area contributed by atoms with Crippen LogP contribution in [0.5, 0.6) is 0 Å². The number of methoxy groups -OCH3 is 1. The number of aromatic amines is 1. The van der Waals surface area contributed by atoms with Crippen LogP contribution in [0.25, 0.3) is 11.3 Å². The van der Waals surface area contributed by atoms with Crippen molar-refractivity contribution < 1.29 is 14.3 Å². The molecule has 0 bridgehead atoms. The number of likely N-dealkylation sites (tertiary alicyclic amines) is 1. The maximum atomic E-state index is 12.6. The number of hydrogen-bond donors (Lipinski definition) is 2. The summed E-state index contributed by atoms with van der Waals surface area (Å²) in [5.41, 5.74) is 3.33. The van der Waals surface area contributed by atoms with Gasteiger partial charge in [0, 0.05) is 6.04 Å². The predicted molar refractivity (Wildman–Crippen MR) is 99.9 cm³/mol. The van der Waals surface area contributed by atoms with Crippen LogP contribution in [-0.2, 0) is 16.0 Å². The monoisotopic (exact) mass is 368 g/mol. The molecule has 7 nitrogen and oxygen atoms in total. The van der Waals surface area contributed by atoms with Crippen molar-refractivity contribution in [1.29, 1.82) is 0 Å². The lowest BCUT2D eigenvalue weighted by Crippen LogP contribution is -2.41. The van der Waals surface area contributed by atoms with Gasteiger partial charge in [-0.2, -0.15) is 0 Å². The Morgan fingerprint density at radius 1 is 1.30 bits per heavy atom. The average Bonchev–Trinajstić information content (AvgIpc) is 3.13. The van der Waals surface area contributed by atoms with Gasteiger partial charge < -0.3 is 19.9 Å². The van der Waals surface area contributed by atoms with Crippen molar-refractivity contribution >= 4 is 12.0 Å². The summed E-state index contributed by atoms with van der Waals surface area (Å²) in [5, 5.41) is 2.48. The van der Waals surface area contributed by atoms with E-state index < -0.39 is 6.09 Å². The Balaban J connectivity index is 1.49. The van der Waals surface area contributed by atoms with Crippen molar-refractivity contribution in [2.75, 3.05) is 13.7 Å². The number of H-pyrrole nitrogens is 1. The van der Waals surface area contributed by atoms with Crippen molar-refractivity contribution in [3.8, 4) is 11.3 Å². The number of aryl methyl sites for hydroxylation is 1. The molecule has 7 heteroatoms. The smallest absolute Gasteiger partial charge is 0.407 e. The number of benzene rings is 1. The van der Waals surface area contributed by atoms with E-state index in [1.807, 2.05) is 11.1 Å². The van der Waals surface area contributed by atoms with Gasteiger partial charge in [0.1, 0.15) is 12.4 Å². The zero-order chi connectivity index (χ0) is 19.0. The Hall–Kier alpha value is -2.83. The lowest BCUT2D eigenvalue weighted by atomic mass is 10.1. The summed E-state index contributed by atoms with van der Waals surface area (Å²) in [5.74, 6) is 1.25. The fourth-order valence-electron chi connectivity index (χ4n) is 3.94. The number of carbonyl (C=O) groups excluding carboxylic acids is 2. The molecule has 1 aromatic carbocycles. The molecule has 2 fully saturated rings. The Bertz CT molecular complexity index is 845. The first-order valence-corrected chi connectivity index (χ1v) is 9.38. The molecule has 4 rings (SSSR count). The number of rotatable bonds is 5. The molecule has 1 aliphatic carbocycles. The van der Waals surface area contributed by atoms with E-state index in [0.717, 1.165) is 36.3 Å². The van der Waals surface area contributed by atoms with Gasteiger partial charge in [-0.05, 0) is 36.3 Å². The second-order valence-electron chi connectivity index (χ2n) is 7.19. The quantitative estimate of drug-likeness (QED) is 0.849. The highest BCUT2D eigenvalue weighted by molar-refractivity contribution is 5.83. The van der Waals surface area contributed by atoms with E-state index in [1.54, 1.807) is 0 Å². The Morgan fingerprint density at radius 2 is 2.07 bits per heavy atom. The normalized spacial score (nSPS) is 23.0. The lowest BCUT2D eigenvalue weighted by Gasteiger charge is -2.26. The van der Waals surface area contributed by atoms with Gasteiger partial charge >= 0.3 is 6.09 Å². The van der Waals surface area contributed by atoms with E-state index in [-0.39, 0.29) is 24.5 Å². The third kappa shape index (κ3) is 3.41. The van der Waals surface area contributed by atoms with Crippen LogP contribution in [0, 0.1) is 5.92 Å². The number of amides is 2. The predicted octanol–water partition coefficient (Wildman–Crippen LogP) is 2.66. The summed E-state index contributed by atoms with van der Waals surface area (Å²) in [6.07, 6.45) is 4.19. The van der Waals surface area contributed by atoms with Crippen LogP contribution >= 0.6 is 0 Å². The van der Waals surface area contributed by atoms with Gasteiger partial charge in [-0.25, -0.2) is 9.78 Å². The molecular formula is C20H24N4O3. The first-order valence-electron chi connectivity index (χ1n) is 9.38. The Labute approximate surface area is 158 Å². The van der Waals surface area contributed by atoms with Gasteiger partial charge in [0.15, 0.2) is 0 Å². The van der Waals surface area contributed by atoms with Gasteiger partial charge in [0.05, 0.1) is 25.0 Å². The van der Waals surface area contributed by atoms with Crippen LogP contribution in [0.15, 0.2) is 30.5 Å². The molecular weight excluding hydrogens is 344 g/mol. The van der Waals surface area contributed by atoms with Gasteiger partial charge in [0.25, 0.3) is 0 Å². The Morgan fingerprint density at radius 3 is 2.78 bits per heavy atom. The highest BCUT2D eigenvalue weighted by atomic mass is 16.5. The third-order valence-corrected chi connectivity index (χ3v) is 5.55. The minimum absolute atomic E-state index is 0.0571. The van der Waals surface area contributed by atoms with Crippen LogP contribution in [0.4, 0.5) is 4.79 Å². The number of nitrogens with one attached hydrogen (secondary N) is 2. The highest BCUT2D eigenvalue weighted by Gasteiger charge is 2.54. The molecule has 2 unspecified atom stereocenters. The minimum atomic E-state index is -0.595. The summed E-state index contributed by atoms with van der Waals surface area (Å²) in [6, 6.07) is 8.62. The summed E-state index contributed by atoms with van der Waals surface area (Å²) in [6.45, 7) is 2.08. The van der Waals surface area contributed by atoms with Gasteiger partial charge in [-0.15, -0.1) is 0 Å². The summed E-state index contributed by atoms with van der Waals surface area (Å²) in [4.78, 5) is 33.7. The number of alkyl carbamates (subject to hydrolysis) is 1. The van der Waals surface area contributed by atoms with Crippen LogP contribution in [-0.4, -0.2) is 46.6 Å². The molecule has 2 heterocycles. The summed E-state index contributed by atoms with van der Waals surface area (Å²) in [7, 11) is 1.28. The Kier molecular flexibility index (Phi) is 4.59. The molecule has 0 spiro atoms. The van der Waals surface area contributed by atoms with Crippen molar-refractivity contribution in [2.45, 2.75) is 38.3 Å². The summed E-state index contributed by atoms with van der Waals surface area (Å²) >= 11 is 0. The van der Waals surface area contributed by atoms with Crippen LogP contribution in [0.1, 0.15) is 37.2 Å². The number of imidazole rings is 1. The number of fused-ring (bicyclic) bond motifs is 1. The highest BCUT2D eigenvalue weighted by Crippen LogP contribution is 2.53. The molecule has 142 valence electrons. The number of hydrogen-bond acceptors (Lipinski definition) is 4. The van der Waals surface area contributed by atoms with Crippen molar-refractivity contribution in [3.63, 3.8) is 0 Å². The maximum Gasteiger partial charge on any atom is 0.407 e. The van der Waals surface area contributed by atoms with Crippen molar-refractivity contribution in [3.05, 3.63) is 41.9 Å². The standard InChI is InChI=1S/C20H24N4O3/c1-3-12-4-6-13(7-5-12)15-10-21-19(23-15)17-9-14-8-16(14)24(17)18(25)11-22-20(26)27-2/h4-7,10,14,16-17H,3,8-9,11H2,1-2H3,(H,21,23)(H,22,26)/t14?,16?,17-/m0/s1. The first-order chi connectivity index (χ1) is 13.1. The van der Waals surface area contributed by atoms with Crippen molar-refractivity contribution in [1.82, 2.24) is 20.2 Å². The third-order valence-electron chi connectivity index (χ3n) is 5.55. The molecule has 0 radical (unpaired) electrons. The summed E-state index contributed by atoms with van der Waals surface area (Å²) < 4.78 is 4.54. The zero-order valence-corrected chi connectivity index (χ0v) is 15.6. The molecule has 3 atom stereocenters. The fourth-order valence-corrected chi connectivity index (χ4v) is 3.94. The topological polar surface area (TPSA) is 87.3 Å². The molecule has 1 aromatic heterocycles. The minimum Gasteiger partial charge on any atom is -0.453 e. The first kappa shape index (κ1) is 17.6.